The minimum atomic E-state index is 0.146. The molecule has 0 aromatic carbocycles. The van der Waals surface area contributed by atoms with Gasteiger partial charge in [0.2, 0.25) is 0 Å². The second kappa shape index (κ2) is 5.77. The molecule has 0 heterocycles. The largest absolute Gasteiger partial charge is 0.303 e. The van der Waals surface area contributed by atoms with Crippen molar-refractivity contribution >= 4 is 14.7 Å². The molecular formula is C4H7O2P. The Kier molecular flexibility index (Phi) is 5.58. The maximum Gasteiger partial charge on any atom is 0.155 e. The molecule has 0 aromatic heterocycles. The van der Waals surface area contributed by atoms with Crippen molar-refractivity contribution in [1.29, 1.82) is 0 Å². The summed E-state index contributed by atoms with van der Waals surface area (Å²) in [7, 11) is 0.146. The summed E-state index contributed by atoms with van der Waals surface area (Å²) in [5.41, 5.74) is 0. The van der Waals surface area contributed by atoms with Crippen LogP contribution in [-0.4, -0.2) is 12.4 Å². The lowest BCUT2D eigenvalue weighted by Gasteiger charge is -1.77. The van der Waals surface area contributed by atoms with Gasteiger partial charge in [-0.05, 0) is 6.42 Å². The van der Waals surface area contributed by atoms with Crippen LogP contribution in [0.1, 0.15) is 12.8 Å². The number of unbranched alkanes of at least 4 members (excludes halogenated alkanes) is 1. The first-order chi connectivity index (χ1) is 3.41. The van der Waals surface area contributed by atoms with Gasteiger partial charge >= 0.3 is 0 Å². The van der Waals surface area contributed by atoms with Gasteiger partial charge in [0, 0.05) is 12.6 Å². The van der Waals surface area contributed by atoms with Gasteiger partial charge in [-0.3, -0.25) is 4.57 Å². The van der Waals surface area contributed by atoms with Gasteiger partial charge in [0.05, 0.1) is 0 Å². The number of hydrogen-bond donors (Lipinski definition) is 0. The number of rotatable bonds is 4. The van der Waals surface area contributed by atoms with E-state index in [0.717, 1.165) is 12.7 Å². The van der Waals surface area contributed by atoms with Crippen LogP contribution in [0.2, 0.25) is 0 Å². The molecule has 0 N–H and O–H groups in total. The van der Waals surface area contributed by atoms with E-state index in [4.69, 9.17) is 0 Å². The highest BCUT2D eigenvalue weighted by atomic mass is 31.1. The van der Waals surface area contributed by atoms with Crippen LogP contribution in [-0.2, 0) is 9.36 Å². The topological polar surface area (TPSA) is 34.1 Å². The van der Waals surface area contributed by atoms with Gasteiger partial charge in [-0.2, -0.15) is 0 Å². The smallest absolute Gasteiger partial charge is 0.155 e. The second-order valence-electron chi connectivity index (χ2n) is 1.16. The van der Waals surface area contributed by atoms with E-state index in [2.05, 4.69) is 0 Å². The molecule has 2 nitrogen and oxygen atoms in total. The SMILES string of the molecule is O=CCCCP=O. The Balaban J connectivity index is 2.68. The summed E-state index contributed by atoms with van der Waals surface area (Å²) < 4.78 is 9.66. The molecule has 0 aliphatic carbocycles. The quantitative estimate of drug-likeness (QED) is 0.316. The fourth-order valence-electron chi connectivity index (χ4n) is 0.239. The zero-order chi connectivity index (χ0) is 5.54. The van der Waals surface area contributed by atoms with Crippen LogP contribution in [0.4, 0.5) is 0 Å². The van der Waals surface area contributed by atoms with Crippen molar-refractivity contribution in [3.63, 3.8) is 0 Å². The second-order valence-corrected chi connectivity index (χ2v) is 1.87. The number of carbonyl (C=O) groups excluding carboxylic acids is 1. The molecule has 0 aliphatic heterocycles. The van der Waals surface area contributed by atoms with Crippen LogP contribution >= 0.6 is 8.46 Å². The van der Waals surface area contributed by atoms with Gasteiger partial charge < -0.3 is 4.79 Å². The van der Waals surface area contributed by atoms with Crippen LogP contribution < -0.4 is 0 Å². The summed E-state index contributed by atoms with van der Waals surface area (Å²) in [6.07, 6.45) is 2.73. The number of carbonyl (C=O) groups is 1. The van der Waals surface area contributed by atoms with E-state index in [1.807, 2.05) is 0 Å². The summed E-state index contributed by atoms with van der Waals surface area (Å²) in [4.78, 5) is 9.57. The van der Waals surface area contributed by atoms with E-state index in [-0.39, 0.29) is 8.46 Å². The minimum absolute atomic E-state index is 0.146. The van der Waals surface area contributed by atoms with Crippen molar-refractivity contribution in [2.45, 2.75) is 12.8 Å². The predicted molar refractivity (Wildman–Crippen MR) is 27.8 cm³/mol. The summed E-state index contributed by atoms with van der Waals surface area (Å²) >= 11 is 0. The molecule has 0 rings (SSSR count). The van der Waals surface area contributed by atoms with Crippen molar-refractivity contribution in [2.75, 3.05) is 6.16 Å². The molecule has 0 saturated carbocycles. The van der Waals surface area contributed by atoms with Crippen LogP contribution in [0.15, 0.2) is 0 Å². The molecule has 0 fully saturated rings. The standard InChI is InChI=1S/C4H7O2P/c5-3-1-2-4-7-6/h3H,1-2,4H2. The summed E-state index contributed by atoms with van der Waals surface area (Å²) in [6, 6.07) is 0. The fourth-order valence-corrected chi connectivity index (χ4v) is 0.551. The lowest BCUT2D eigenvalue weighted by atomic mass is 10.4. The Hall–Kier alpha value is -0.230. The summed E-state index contributed by atoms with van der Waals surface area (Å²) in [6.45, 7) is 0. The molecule has 0 amide bonds. The van der Waals surface area contributed by atoms with E-state index in [1.165, 1.54) is 0 Å². The van der Waals surface area contributed by atoms with Crippen molar-refractivity contribution < 1.29 is 9.36 Å². The average molecular weight is 118 g/mol. The van der Waals surface area contributed by atoms with Crippen LogP contribution in [0.25, 0.3) is 0 Å². The van der Waals surface area contributed by atoms with E-state index >= 15 is 0 Å². The van der Waals surface area contributed by atoms with Crippen molar-refractivity contribution in [3.05, 3.63) is 0 Å². The molecule has 0 atom stereocenters. The van der Waals surface area contributed by atoms with Gasteiger partial charge in [-0.25, -0.2) is 0 Å². The Labute approximate surface area is 44.1 Å². The van der Waals surface area contributed by atoms with E-state index < -0.39 is 0 Å². The number of hydrogen-bond acceptors (Lipinski definition) is 2. The molecule has 0 bridgehead atoms. The zero-order valence-corrected chi connectivity index (χ0v) is 4.86. The third kappa shape index (κ3) is 5.77. The molecule has 40 valence electrons. The molecule has 3 heteroatoms. The lowest BCUT2D eigenvalue weighted by molar-refractivity contribution is -0.107. The van der Waals surface area contributed by atoms with Gasteiger partial charge in [0.15, 0.2) is 8.46 Å². The van der Waals surface area contributed by atoms with Gasteiger partial charge in [0.25, 0.3) is 0 Å². The highest BCUT2D eigenvalue weighted by Gasteiger charge is 1.81. The Morgan fingerprint density at radius 3 is 2.71 bits per heavy atom. The van der Waals surface area contributed by atoms with Crippen molar-refractivity contribution in [3.8, 4) is 0 Å². The first-order valence-electron chi connectivity index (χ1n) is 2.14. The van der Waals surface area contributed by atoms with E-state index in [0.29, 0.717) is 12.6 Å². The maximum absolute atomic E-state index is 9.66. The average Bonchev–Trinajstić information content (AvgIpc) is 1.69. The molecule has 0 saturated heterocycles. The van der Waals surface area contributed by atoms with E-state index in [9.17, 15) is 9.36 Å². The molecule has 0 aliphatic rings. The van der Waals surface area contributed by atoms with Gasteiger partial charge in [0.1, 0.15) is 6.29 Å². The zero-order valence-electron chi connectivity index (χ0n) is 3.96. The molecular weight excluding hydrogens is 111 g/mol. The summed E-state index contributed by atoms with van der Waals surface area (Å²) in [5, 5.41) is 0. The van der Waals surface area contributed by atoms with Gasteiger partial charge in [-0.15, -0.1) is 0 Å². The minimum Gasteiger partial charge on any atom is -0.303 e. The molecule has 7 heavy (non-hydrogen) atoms. The normalized spacial score (nSPS) is 9.14. The highest BCUT2D eigenvalue weighted by molar-refractivity contribution is 7.23. The van der Waals surface area contributed by atoms with Crippen LogP contribution in [0.5, 0.6) is 0 Å². The van der Waals surface area contributed by atoms with E-state index in [1.54, 1.807) is 0 Å². The maximum atomic E-state index is 9.66. The monoisotopic (exact) mass is 118 g/mol. The third-order valence-electron chi connectivity index (χ3n) is 0.571. The molecule has 0 unspecified atom stereocenters. The van der Waals surface area contributed by atoms with Crippen molar-refractivity contribution in [2.24, 2.45) is 0 Å². The van der Waals surface area contributed by atoms with Crippen molar-refractivity contribution in [1.82, 2.24) is 0 Å². The molecule has 0 radical (unpaired) electrons. The molecule has 0 aromatic rings. The summed E-state index contributed by atoms with van der Waals surface area (Å²) in [5.74, 6) is 0. The fraction of sp³-hybridized carbons (Fsp3) is 0.750. The predicted octanol–water partition coefficient (Wildman–Crippen LogP) is 1.26. The third-order valence-corrected chi connectivity index (χ3v) is 1.07. The highest BCUT2D eigenvalue weighted by Crippen LogP contribution is 1.95. The Bertz CT molecular complexity index is 54.7. The molecule has 0 spiro atoms. The Morgan fingerprint density at radius 2 is 2.29 bits per heavy atom. The first-order valence-corrected chi connectivity index (χ1v) is 3.14. The lowest BCUT2D eigenvalue weighted by Crippen LogP contribution is -1.74. The number of aldehydes is 1. The van der Waals surface area contributed by atoms with Crippen LogP contribution in [0.3, 0.4) is 0 Å². The van der Waals surface area contributed by atoms with Gasteiger partial charge in [-0.1, -0.05) is 0 Å². The Morgan fingerprint density at radius 1 is 1.57 bits per heavy atom. The first kappa shape index (κ1) is 6.77. The van der Waals surface area contributed by atoms with Crippen LogP contribution in [0, 0.1) is 0 Å².